The van der Waals surface area contributed by atoms with Gasteiger partial charge in [0.25, 0.3) is 5.91 Å². The SMILES string of the molecule is O=C(c1ccc(-c2ccncc2)cc1)N(Cc1ccncc1)C[C@@H]1CCCO1. The molecule has 1 aliphatic heterocycles. The topological polar surface area (TPSA) is 55.3 Å². The highest BCUT2D eigenvalue weighted by Crippen LogP contribution is 2.21. The number of carbonyl (C=O) groups is 1. The molecule has 5 heteroatoms. The summed E-state index contributed by atoms with van der Waals surface area (Å²) in [6, 6.07) is 15.6. The molecule has 142 valence electrons. The molecule has 1 aromatic carbocycles. The zero-order chi connectivity index (χ0) is 19.2. The van der Waals surface area contributed by atoms with E-state index in [0.717, 1.165) is 36.1 Å². The van der Waals surface area contributed by atoms with Crippen LogP contribution in [0.4, 0.5) is 0 Å². The standard InChI is InChI=1S/C23H23N3O2/c27-23(21-5-3-19(4-6-21)20-9-13-25-14-10-20)26(17-22-2-1-15-28-22)16-18-7-11-24-12-8-18/h3-14,22H,1-2,15-17H2/t22-/m0/s1. The molecule has 0 bridgehead atoms. The molecule has 0 N–H and O–H groups in total. The van der Waals surface area contributed by atoms with Crippen molar-refractivity contribution in [2.75, 3.05) is 13.2 Å². The van der Waals surface area contributed by atoms with Crippen molar-refractivity contribution in [2.24, 2.45) is 0 Å². The molecule has 0 saturated carbocycles. The third-order valence-electron chi connectivity index (χ3n) is 5.00. The molecule has 0 aliphatic carbocycles. The number of hydrogen-bond acceptors (Lipinski definition) is 4. The van der Waals surface area contributed by atoms with Gasteiger partial charge in [-0.3, -0.25) is 14.8 Å². The van der Waals surface area contributed by atoms with Gasteiger partial charge < -0.3 is 9.64 Å². The van der Waals surface area contributed by atoms with Crippen LogP contribution in [0.1, 0.15) is 28.8 Å². The summed E-state index contributed by atoms with van der Waals surface area (Å²) in [6.07, 6.45) is 9.23. The van der Waals surface area contributed by atoms with Crippen molar-refractivity contribution in [3.8, 4) is 11.1 Å². The molecular formula is C23H23N3O2. The van der Waals surface area contributed by atoms with E-state index in [1.807, 2.05) is 53.4 Å². The number of hydrogen-bond donors (Lipinski definition) is 0. The third kappa shape index (κ3) is 4.43. The molecule has 5 nitrogen and oxygen atoms in total. The normalized spacial score (nSPS) is 16.1. The van der Waals surface area contributed by atoms with Crippen molar-refractivity contribution >= 4 is 5.91 Å². The van der Waals surface area contributed by atoms with Crippen LogP contribution in [0.5, 0.6) is 0 Å². The molecule has 3 aromatic rings. The summed E-state index contributed by atoms with van der Waals surface area (Å²) in [5.41, 5.74) is 3.90. The molecule has 0 radical (unpaired) electrons. The second-order valence-electron chi connectivity index (χ2n) is 6.99. The summed E-state index contributed by atoms with van der Waals surface area (Å²) >= 11 is 0. The fraction of sp³-hybridized carbons (Fsp3) is 0.261. The van der Waals surface area contributed by atoms with E-state index < -0.39 is 0 Å². The number of carbonyl (C=O) groups excluding carboxylic acids is 1. The fourth-order valence-electron chi connectivity index (χ4n) is 3.49. The van der Waals surface area contributed by atoms with E-state index >= 15 is 0 Å². The van der Waals surface area contributed by atoms with Gasteiger partial charge in [0.15, 0.2) is 0 Å². The molecule has 2 aromatic heterocycles. The second kappa shape index (κ2) is 8.76. The molecule has 28 heavy (non-hydrogen) atoms. The summed E-state index contributed by atoms with van der Waals surface area (Å²) < 4.78 is 5.77. The van der Waals surface area contributed by atoms with Crippen LogP contribution in [0.3, 0.4) is 0 Å². The van der Waals surface area contributed by atoms with Gasteiger partial charge >= 0.3 is 0 Å². The van der Waals surface area contributed by atoms with Gasteiger partial charge in [-0.1, -0.05) is 12.1 Å². The van der Waals surface area contributed by atoms with E-state index in [4.69, 9.17) is 4.74 Å². The van der Waals surface area contributed by atoms with Crippen molar-refractivity contribution in [1.29, 1.82) is 0 Å². The van der Waals surface area contributed by atoms with E-state index in [0.29, 0.717) is 18.7 Å². The highest BCUT2D eigenvalue weighted by atomic mass is 16.5. The molecule has 1 saturated heterocycles. The predicted octanol–water partition coefficient (Wildman–Crippen LogP) is 3.97. The first-order chi connectivity index (χ1) is 13.8. The third-order valence-corrected chi connectivity index (χ3v) is 5.00. The first kappa shape index (κ1) is 18.3. The lowest BCUT2D eigenvalue weighted by Crippen LogP contribution is -2.37. The molecule has 4 rings (SSSR count). The molecule has 3 heterocycles. The second-order valence-corrected chi connectivity index (χ2v) is 6.99. The molecule has 1 aliphatic rings. The Labute approximate surface area is 165 Å². The Morgan fingerprint density at radius 3 is 2.21 bits per heavy atom. The molecule has 1 amide bonds. The Morgan fingerprint density at radius 2 is 1.57 bits per heavy atom. The number of benzene rings is 1. The van der Waals surface area contributed by atoms with Crippen LogP contribution in [0.2, 0.25) is 0 Å². The van der Waals surface area contributed by atoms with Crippen molar-refractivity contribution in [3.05, 3.63) is 84.4 Å². The first-order valence-electron chi connectivity index (χ1n) is 9.60. The number of pyridine rings is 2. The van der Waals surface area contributed by atoms with E-state index in [1.54, 1.807) is 24.8 Å². The maximum atomic E-state index is 13.2. The minimum atomic E-state index is 0.0218. The molecular weight excluding hydrogens is 350 g/mol. The quantitative estimate of drug-likeness (QED) is 0.656. The average molecular weight is 373 g/mol. The van der Waals surface area contributed by atoms with Crippen LogP contribution in [0.25, 0.3) is 11.1 Å². The Morgan fingerprint density at radius 1 is 0.929 bits per heavy atom. The van der Waals surface area contributed by atoms with Gasteiger partial charge in [0.1, 0.15) is 0 Å². The number of amides is 1. The number of ether oxygens (including phenoxy) is 1. The van der Waals surface area contributed by atoms with Crippen molar-refractivity contribution in [3.63, 3.8) is 0 Å². The first-order valence-corrected chi connectivity index (χ1v) is 9.60. The maximum absolute atomic E-state index is 13.2. The van der Waals surface area contributed by atoms with Crippen LogP contribution in [0, 0.1) is 0 Å². The van der Waals surface area contributed by atoms with Crippen LogP contribution in [-0.4, -0.2) is 40.0 Å². The lowest BCUT2D eigenvalue weighted by atomic mass is 10.0. The van der Waals surface area contributed by atoms with Gasteiger partial charge in [-0.05, 0) is 65.9 Å². The summed E-state index contributed by atoms with van der Waals surface area (Å²) in [7, 11) is 0. The van der Waals surface area contributed by atoms with Gasteiger partial charge in [0.05, 0.1) is 6.10 Å². The Bertz CT molecular complexity index is 892. The number of aromatic nitrogens is 2. The molecule has 0 unspecified atom stereocenters. The Kier molecular flexibility index (Phi) is 5.73. The average Bonchev–Trinajstić information content (AvgIpc) is 3.27. The zero-order valence-corrected chi connectivity index (χ0v) is 15.7. The fourth-order valence-corrected chi connectivity index (χ4v) is 3.49. The van der Waals surface area contributed by atoms with Gasteiger partial charge in [-0.25, -0.2) is 0 Å². The minimum absolute atomic E-state index is 0.0218. The monoisotopic (exact) mass is 373 g/mol. The van der Waals surface area contributed by atoms with Crippen LogP contribution < -0.4 is 0 Å². The summed E-state index contributed by atoms with van der Waals surface area (Å²) in [5, 5.41) is 0. The number of nitrogens with zero attached hydrogens (tertiary/aromatic N) is 3. The summed E-state index contributed by atoms with van der Waals surface area (Å²) in [6.45, 7) is 1.93. The van der Waals surface area contributed by atoms with Gasteiger partial charge in [0, 0.05) is 50.0 Å². The number of rotatable bonds is 6. The smallest absolute Gasteiger partial charge is 0.254 e. The van der Waals surface area contributed by atoms with E-state index in [1.165, 1.54) is 0 Å². The van der Waals surface area contributed by atoms with Crippen LogP contribution >= 0.6 is 0 Å². The lowest BCUT2D eigenvalue weighted by Gasteiger charge is -2.26. The summed E-state index contributed by atoms with van der Waals surface area (Å²) in [4.78, 5) is 23.2. The summed E-state index contributed by atoms with van der Waals surface area (Å²) in [5.74, 6) is 0.0218. The van der Waals surface area contributed by atoms with Crippen molar-refractivity contribution < 1.29 is 9.53 Å². The van der Waals surface area contributed by atoms with Crippen LogP contribution in [0.15, 0.2) is 73.3 Å². The molecule has 1 atom stereocenters. The van der Waals surface area contributed by atoms with Gasteiger partial charge in [0.2, 0.25) is 0 Å². The lowest BCUT2D eigenvalue weighted by molar-refractivity contribution is 0.0507. The maximum Gasteiger partial charge on any atom is 0.254 e. The van der Waals surface area contributed by atoms with Crippen molar-refractivity contribution in [2.45, 2.75) is 25.5 Å². The zero-order valence-electron chi connectivity index (χ0n) is 15.7. The highest BCUT2D eigenvalue weighted by Gasteiger charge is 2.23. The predicted molar refractivity (Wildman–Crippen MR) is 108 cm³/mol. The molecule has 0 spiro atoms. The van der Waals surface area contributed by atoms with Gasteiger partial charge in [-0.15, -0.1) is 0 Å². The van der Waals surface area contributed by atoms with E-state index in [2.05, 4.69) is 9.97 Å². The van der Waals surface area contributed by atoms with Crippen molar-refractivity contribution in [1.82, 2.24) is 14.9 Å². The van der Waals surface area contributed by atoms with E-state index in [-0.39, 0.29) is 12.0 Å². The molecule has 1 fully saturated rings. The van der Waals surface area contributed by atoms with Crippen LogP contribution in [-0.2, 0) is 11.3 Å². The van der Waals surface area contributed by atoms with Gasteiger partial charge in [-0.2, -0.15) is 0 Å². The highest BCUT2D eigenvalue weighted by molar-refractivity contribution is 5.94. The Balaban J connectivity index is 1.53. The largest absolute Gasteiger partial charge is 0.376 e. The Hall–Kier alpha value is -3.05. The van der Waals surface area contributed by atoms with E-state index in [9.17, 15) is 4.79 Å². The minimum Gasteiger partial charge on any atom is -0.376 e.